The van der Waals surface area contributed by atoms with Crippen LogP contribution in [0.4, 0.5) is 5.69 Å². The van der Waals surface area contributed by atoms with Gasteiger partial charge in [-0.2, -0.15) is 0 Å². The number of fused-ring (bicyclic) bond motifs is 2. The van der Waals surface area contributed by atoms with Crippen molar-refractivity contribution >= 4 is 35.1 Å². The Balaban J connectivity index is 1.07. The Morgan fingerprint density at radius 2 is 1.08 bits per heavy atom. The van der Waals surface area contributed by atoms with Crippen LogP contribution in [0.5, 0.6) is 0 Å². The zero-order valence-electron chi connectivity index (χ0n) is 28.7. The Kier molecular flexibility index (Phi) is 7.94. The van der Waals surface area contributed by atoms with Gasteiger partial charge in [0.25, 0.3) is 23.6 Å². The van der Waals surface area contributed by atoms with Gasteiger partial charge in [-0.3, -0.25) is 28.9 Å². The fraction of sp³-hybridized carbons (Fsp3) is 0.186. The van der Waals surface area contributed by atoms with Crippen LogP contribution in [-0.4, -0.2) is 41.4 Å². The van der Waals surface area contributed by atoms with Gasteiger partial charge in [-0.15, -0.1) is 0 Å². The van der Waals surface area contributed by atoms with Gasteiger partial charge in [0.05, 0.1) is 27.9 Å². The molecule has 0 N–H and O–H groups in total. The first-order valence-corrected chi connectivity index (χ1v) is 16.6. The van der Waals surface area contributed by atoms with Gasteiger partial charge < -0.3 is 0 Å². The Hall–Kier alpha value is -5.95. The quantitative estimate of drug-likeness (QED) is 0.126. The Labute approximate surface area is 291 Å². The third-order valence-electron chi connectivity index (χ3n) is 9.91. The van der Waals surface area contributed by atoms with Crippen LogP contribution >= 0.6 is 0 Å². The number of rotatable bonds is 8. The summed E-state index contributed by atoms with van der Waals surface area (Å²) in [5.41, 5.74) is 8.42. The molecule has 0 bridgehead atoms. The highest BCUT2D eigenvalue weighted by molar-refractivity contribution is 6.35. The molecule has 0 aromatic heterocycles. The normalized spacial score (nSPS) is 14.0. The molecule has 0 saturated carbocycles. The molecule has 50 heavy (non-hydrogen) atoms. The SMILES string of the molecule is Cc1ccc(Cc2ccc(C(C)(C)Cc3ccc(N4C(=O)c5ccc(C(=O)c6ccc7c(c6)C(=O)N(C)C7=O)cc5C4=O)c(C)c3)cc2)cc1. The molecule has 7 nitrogen and oxygen atoms in total. The van der Waals surface area contributed by atoms with Crippen molar-refractivity contribution in [3.05, 3.63) is 170 Å². The number of nitrogens with zero attached hydrogens (tertiary/aromatic N) is 2. The van der Waals surface area contributed by atoms with E-state index in [0.29, 0.717) is 5.69 Å². The highest BCUT2D eigenvalue weighted by Crippen LogP contribution is 2.35. The summed E-state index contributed by atoms with van der Waals surface area (Å²) in [4.78, 5) is 67.6. The van der Waals surface area contributed by atoms with Gasteiger partial charge >= 0.3 is 0 Å². The minimum Gasteiger partial charge on any atom is -0.289 e. The summed E-state index contributed by atoms with van der Waals surface area (Å²) in [6.45, 7) is 8.41. The average Bonchev–Trinajstić information content (AvgIpc) is 3.48. The zero-order valence-corrected chi connectivity index (χ0v) is 28.7. The third kappa shape index (κ3) is 5.64. The molecule has 0 unspecified atom stereocenters. The number of aryl methyl sites for hydroxylation is 2. The molecule has 0 fully saturated rings. The maximum Gasteiger partial charge on any atom is 0.266 e. The van der Waals surface area contributed by atoms with E-state index in [1.165, 1.54) is 70.6 Å². The molecule has 4 amide bonds. The molecule has 7 heteroatoms. The Bertz CT molecular complexity index is 2260. The van der Waals surface area contributed by atoms with Gasteiger partial charge in [0.2, 0.25) is 0 Å². The molecule has 2 aliphatic rings. The van der Waals surface area contributed by atoms with E-state index < -0.39 is 29.4 Å². The van der Waals surface area contributed by atoms with Crippen LogP contribution in [-0.2, 0) is 18.3 Å². The number of hydrogen-bond donors (Lipinski definition) is 0. The maximum atomic E-state index is 13.7. The second kappa shape index (κ2) is 12.2. The lowest BCUT2D eigenvalue weighted by atomic mass is 9.78. The Morgan fingerprint density at radius 1 is 0.580 bits per heavy atom. The van der Waals surface area contributed by atoms with Gasteiger partial charge in [-0.25, -0.2) is 4.90 Å². The van der Waals surface area contributed by atoms with Crippen molar-refractivity contribution in [1.82, 2.24) is 4.90 Å². The van der Waals surface area contributed by atoms with Crippen LogP contribution in [0.2, 0.25) is 0 Å². The summed E-state index contributed by atoms with van der Waals surface area (Å²) >= 11 is 0. The van der Waals surface area contributed by atoms with Gasteiger partial charge in [0.1, 0.15) is 0 Å². The van der Waals surface area contributed by atoms with E-state index in [1.807, 2.05) is 25.1 Å². The van der Waals surface area contributed by atoms with E-state index in [4.69, 9.17) is 0 Å². The monoisotopic (exact) mass is 660 g/mol. The van der Waals surface area contributed by atoms with E-state index in [1.54, 1.807) is 0 Å². The van der Waals surface area contributed by atoms with Crippen LogP contribution in [0.1, 0.15) is 105 Å². The average molecular weight is 661 g/mol. The molecule has 5 aromatic rings. The molecular formula is C43H36N2O5. The van der Waals surface area contributed by atoms with E-state index >= 15 is 0 Å². The van der Waals surface area contributed by atoms with Crippen molar-refractivity contribution in [3.8, 4) is 0 Å². The third-order valence-corrected chi connectivity index (χ3v) is 9.91. The van der Waals surface area contributed by atoms with E-state index in [9.17, 15) is 24.0 Å². The van der Waals surface area contributed by atoms with Crippen molar-refractivity contribution in [3.63, 3.8) is 0 Å². The number of amides is 4. The highest BCUT2D eigenvalue weighted by Gasteiger charge is 2.38. The molecule has 5 aromatic carbocycles. The topological polar surface area (TPSA) is 91.8 Å². The van der Waals surface area contributed by atoms with Crippen molar-refractivity contribution in [2.45, 2.75) is 46.0 Å². The van der Waals surface area contributed by atoms with Gasteiger partial charge in [-0.1, -0.05) is 92.2 Å². The van der Waals surface area contributed by atoms with E-state index in [-0.39, 0.29) is 38.8 Å². The lowest BCUT2D eigenvalue weighted by Gasteiger charge is -2.26. The first kappa shape index (κ1) is 32.6. The second-order valence-electron chi connectivity index (χ2n) is 14.0. The summed E-state index contributed by atoms with van der Waals surface area (Å²) < 4.78 is 0. The van der Waals surface area contributed by atoms with Gasteiger partial charge in [0.15, 0.2) is 5.78 Å². The molecule has 0 atom stereocenters. The highest BCUT2D eigenvalue weighted by atomic mass is 16.2. The summed E-state index contributed by atoms with van der Waals surface area (Å²) in [6, 6.07) is 32.0. The lowest BCUT2D eigenvalue weighted by molar-refractivity contribution is 0.0692. The number of carbonyl (C=O) groups is 5. The van der Waals surface area contributed by atoms with E-state index in [0.717, 1.165) is 28.9 Å². The van der Waals surface area contributed by atoms with Crippen molar-refractivity contribution in [1.29, 1.82) is 0 Å². The fourth-order valence-corrected chi connectivity index (χ4v) is 6.98. The smallest absolute Gasteiger partial charge is 0.266 e. The van der Waals surface area contributed by atoms with Gasteiger partial charge in [0, 0.05) is 18.2 Å². The summed E-state index contributed by atoms with van der Waals surface area (Å²) in [5.74, 6) is -2.27. The molecule has 0 saturated heterocycles. The van der Waals surface area contributed by atoms with E-state index in [2.05, 4.69) is 69.3 Å². The summed E-state index contributed by atoms with van der Waals surface area (Å²) in [6.07, 6.45) is 1.65. The second-order valence-corrected chi connectivity index (χ2v) is 14.0. The van der Waals surface area contributed by atoms with Crippen LogP contribution < -0.4 is 4.90 Å². The predicted molar refractivity (Wildman–Crippen MR) is 192 cm³/mol. The number of ketones is 1. The zero-order chi connectivity index (χ0) is 35.5. The molecule has 2 heterocycles. The maximum absolute atomic E-state index is 13.7. The molecular weight excluding hydrogens is 624 g/mol. The van der Waals surface area contributed by atoms with Crippen molar-refractivity contribution in [2.24, 2.45) is 0 Å². The molecule has 248 valence electrons. The number of benzene rings is 5. The summed E-state index contributed by atoms with van der Waals surface area (Å²) in [5, 5.41) is 0. The van der Waals surface area contributed by atoms with Crippen LogP contribution in [0.15, 0.2) is 103 Å². The van der Waals surface area contributed by atoms with Crippen molar-refractivity contribution < 1.29 is 24.0 Å². The number of anilines is 1. The number of carbonyl (C=O) groups excluding carboxylic acids is 5. The molecule has 0 aliphatic carbocycles. The first-order chi connectivity index (χ1) is 23.8. The van der Waals surface area contributed by atoms with Gasteiger partial charge in [-0.05, 0) is 90.3 Å². The molecule has 0 radical (unpaired) electrons. The van der Waals surface area contributed by atoms with Crippen LogP contribution in [0.3, 0.4) is 0 Å². The largest absolute Gasteiger partial charge is 0.289 e. The Morgan fingerprint density at radius 3 is 1.68 bits per heavy atom. The molecule has 7 rings (SSSR count). The number of imide groups is 2. The lowest BCUT2D eigenvalue weighted by Crippen LogP contribution is -2.30. The minimum atomic E-state index is -0.502. The predicted octanol–water partition coefficient (Wildman–Crippen LogP) is 7.67. The standard InChI is InChI=1S/C43H36N2O5/c1-25-6-8-27(9-7-25)21-28-10-15-32(16-11-28)43(3,4)24-29-12-19-37(26(2)20-29)45-41(49)34-18-14-31(23-36(34)42(45)50)38(46)30-13-17-33-35(22-30)40(48)44(5)39(33)47/h6-20,22-23H,21,24H2,1-5H3. The molecule has 0 spiro atoms. The van der Waals surface area contributed by atoms with Crippen molar-refractivity contribution in [2.75, 3.05) is 11.9 Å². The minimum absolute atomic E-state index is 0.142. The fourth-order valence-electron chi connectivity index (χ4n) is 6.98. The van der Waals surface area contributed by atoms with Crippen LogP contribution in [0, 0.1) is 13.8 Å². The first-order valence-electron chi connectivity index (χ1n) is 16.6. The number of hydrogen-bond acceptors (Lipinski definition) is 5. The summed E-state index contributed by atoms with van der Waals surface area (Å²) in [7, 11) is 1.39. The van der Waals surface area contributed by atoms with Crippen LogP contribution in [0.25, 0.3) is 0 Å². The molecule has 2 aliphatic heterocycles.